The zero-order chi connectivity index (χ0) is 17.0. The average Bonchev–Trinajstić information content (AvgIpc) is 2.59. The van der Waals surface area contributed by atoms with Crippen LogP contribution in [0.15, 0.2) is 71.6 Å². The van der Waals surface area contributed by atoms with Gasteiger partial charge in [-0.2, -0.15) is 0 Å². The lowest BCUT2D eigenvalue weighted by atomic mass is 10.1. The highest BCUT2D eigenvalue weighted by Gasteiger charge is 2.12. The Morgan fingerprint density at radius 2 is 1.62 bits per heavy atom. The van der Waals surface area contributed by atoms with Crippen molar-refractivity contribution in [3.05, 3.63) is 72.3 Å². The predicted octanol–water partition coefficient (Wildman–Crippen LogP) is 3.51. The first kappa shape index (κ1) is 16.5. The molecule has 3 aromatic carbocycles. The van der Waals surface area contributed by atoms with Crippen molar-refractivity contribution in [2.45, 2.75) is 11.8 Å². The van der Waals surface area contributed by atoms with Gasteiger partial charge in [0.15, 0.2) is 0 Å². The maximum absolute atomic E-state index is 12.2. The van der Waals surface area contributed by atoms with Crippen molar-refractivity contribution >= 4 is 20.8 Å². The van der Waals surface area contributed by atoms with Crippen molar-refractivity contribution < 1.29 is 13.2 Å². The second-order valence-corrected chi connectivity index (χ2v) is 7.34. The molecule has 0 atom stereocenters. The molecule has 3 aromatic rings. The Balaban J connectivity index is 1.56. The van der Waals surface area contributed by atoms with Gasteiger partial charge in [-0.3, -0.25) is 0 Å². The number of ether oxygens (including phenoxy) is 1. The van der Waals surface area contributed by atoms with Crippen LogP contribution in [0.25, 0.3) is 10.8 Å². The van der Waals surface area contributed by atoms with E-state index in [4.69, 9.17) is 4.74 Å². The number of hydrogen-bond acceptors (Lipinski definition) is 3. The van der Waals surface area contributed by atoms with Crippen LogP contribution < -0.4 is 9.46 Å². The van der Waals surface area contributed by atoms with E-state index in [9.17, 15) is 8.42 Å². The molecule has 0 aliphatic rings. The van der Waals surface area contributed by atoms with Crippen LogP contribution in [0.4, 0.5) is 0 Å². The van der Waals surface area contributed by atoms with Gasteiger partial charge in [0.25, 0.3) is 0 Å². The van der Waals surface area contributed by atoms with E-state index in [0.29, 0.717) is 0 Å². The zero-order valence-corrected chi connectivity index (χ0v) is 14.2. The topological polar surface area (TPSA) is 55.4 Å². The monoisotopic (exact) mass is 341 g/mol. The molecule has 3 rings (SSSR count). The molecule has 0 amide bonds. The maximum Gasteiger partial charge on any atom is 0.240 e. The van der Waals surface area contributed by atoms with Gasteiger partial charge in [0.2, 0.25) is 10.0 Å². The summed E-state index contributed by atoms with van der Waals surface area (Å²) >= 11 is 0. The van der Waals surface area contributed by atoms with Gasteiger partial charge in [-0.1, -0.05) is 48.0 Å². The van der Waals surface area contributed by atoms with E-state index < -0.39 is 10.0 Å². The molecule has 0 aromatic heterocycles. The minimum Gasteiger partial charge on any atom is -0.492 e. The Kier molecular flexibility index (Phi) is 4.83. The summed E-state index contributed by atoms with van der Waals surface area (Å²) in [4.78, 5) is 0.263. The average molecular weight is 341 g/mol. The van der Waals surface area contributed by atoms with Crippen molar-refractivity contribution in [3.63, 3.8) is 0 Å². The summed E-state index contributed by atoms with van der Waals surface area (Å²) in [6, 6.07) is 20.6. The van der Waals surface area contributed by atoms with Gasteiger partial charge in [0, 0.05) is 6.54 Å². The van der Waals surface area contributed by atoms with Crippen LogP contribution in [0, 0.1) is 6.92 Å². The number of sulfonamides is 1. The lowest BCUT2D eigenvalue weighted by Gasteiger charge is -2.09. The number of hydrogen-bond donors (Lipinski definition) is 1. The molecule has 0 aliphatic heterocycles. The molecule has 0 fully saturated rings. The van der Waals surface area contributed by atoms with E-state index in [-0.39, 0.29) is 18.0 Å². The molecule has 0 heterocycles. The van der Waals surface area contributed by atoms with Crippen LogP contribution in [0.2, 0.25) is 0 Å². The van der Waals surface area contributed by atoms with Crippen LogP contribution in [0.5, 0.6) is 5.75 Å². The SMILES string of the molecule is Cc1ccc(S(=O)(=O)NCCOc2ccc3ccccc3c2)cc1. The number of fused-ring (bicyclic) bond motifs is 1. The molecule has 5 heteroatoms. The molecular weight excluding hydrogens is 322 g/mol. The number of rotatable bonds is 6. The Hall–Kier alpha value is -2.37. The Morgan fingerprint density at radius 1 is 0.917 bits per heavy atom. The van der Waals surface area contributed by atoms with Crippen LogP contribution >= 0.6 is 0 Å². The second-order valence-electron chi connectivity index (χ2n) is 5.57. The van der Waals surface area contributed by atoms with Crippen LogP contribution in [0.3, 0.4) is 0 Å². The molecule has 0 radical (unpaired) electrons. The van der Waals surface area contributed by atoms with Gasteiger partial charge in [0.1, 0.15) is 12.4 Å². The van der Waals surface area contributed by atoms with E-state index in [2.05, 4.69) is 4.72 Å². The number of nitrogens with one attached hydrogen (secondary N) is 1. The molecule has 0 spiro atoms. The number of benzene rings is 3. The van der Waals surface area contributed by atoms with Crippen molar-refractivity contribution in [1.82, 2.24) is 4.72 Å². The molecule has 4 nitrogen and oxygen atoms in total. The van der Waals surface area contributed by atoms with Gasteiger partial charge in [0.05, 0.1) is 4.90 Å². The van der Waals surface area contributed by atoms with Crippen LogP contribution in [-0.2, 0) is 10.0 Å². The Labute approximate surface area is 142 Å². The van der Waals surface area contributed by atoms with E-state index >= 15 is 0 Å². The summed E-state index contributed by atoms with van der Waals surface area (Å²) < 4.78 is 32.5. The molecule has 0 aliphatic carbocycles. The first-order valence-electron chi connectivity index (χ1n) is 7.72. The molecule has 24 heavy (non-hydrogen) atoms. The van der Waals surface area contributed by atoms with Crippen LogP contribution in [0.1, 0.15) is 5.56 Å². The lowest BCUT2D eigenvalue weighted by molar-refractivity contribution is 0.323. The highest BCUT2D eigenvalue weighted by atomic mass is 32.2. The van der Waals surface area contributed by atoms with Gasteiger partial charge in [-0.05, 0) is 42.0 Å². The van der Waals surface area contributed by atoms with E-state index in [1.165, 1.54) is 0 Å². The fourth-order valence-corrected chi connectivity index (χ4v) is 3.42. The van der Waals surface area contributed by atoms with E-state index in [1.54, 1.807) is 24.3 Å². The van der Waals surface area contributed by atoms with Crippen LogP contribution in [-0.4, -0.2) is 21.6 Å². The third kappa shape index (κ3) is 3.93. The van der Waals surface area contributed by atoms with Gasteiger partial charge in [-0.25, -0.2) is 13.1 Å². The van der Waals surface area contributed by atoms with Crippen molar-refractivity contribution in [3.8, 4) is 5.75 Å². The van der Waals surface area contributed by atoms with Gasteiger partial charge >= 0.3 is 0 Å². The predicted molar refractivity (Wildman–Crippen MR) is 95.8 cm³/mol. The molecule has 0 saturated heterocycles. The lowest BCUT2D eigenvalue weighted by Crippen LogP contribution is -2.28. The minimum absolute atomic E-state index is 0.211. The molecule has 0 unspecified atom stereocenters. The minimum atomic E-state index is -3.50. The van der Waals surface area contributed by atoms with Crippen molar-refractivity contribution in [2.24, 2.45) is 0 Å². The summed E-state index contributed by atoms with van der Waals surface area (Å²) in [6.45, 7) is 2.40. The quantitative estimate of drug-likeness (QED) is 0.698. The molecule has 0 bridgehead atoms. The second kappa shape index (κ2) is 7.03. The largest absolute Gasteiger partial charge is 0.492 e. The highest BCUT2D eigenvalue weighted by Crippen LogP contribution is 2.20. The van der Waals surface area contributed by atoms with Crippen molar-refractivity contribution in [2.75, 3.05) is 13.2 Å². The van der Waals surface area contributed by atoms with Crippen molar-refractivity contribution in [1.29, 1.82) is 0 Å². The summed E-state index contributed by atoms with van der Waals surface area (Å²) in [5, 5.41) is 2.24. The molecular formula is C19H19NO3S. The third-order valence-electron chi connectivity index (χ3n) is 3.72. The summed E-state index contributed by atoms with van der Waals surface area (Å²) in [5.74, 6) is 0.725. The smallest absolute Gasteiger partial charge is 0.240 e. The standard InChI is InChI=1S/C19H19NO3S/c1-15-6-10-19(11-7-15)24(21,22)20-12-13-23-18-9-8-16-4-2-3-5-17(16)14-18/h2-11,14,20H,12-13H2,1H3. The molecule has 0 saturated carbocycles. The normalized spacial score (nSPS) is 11.5. The fourth-order valence-electron chi connectivity index (χ4n) is 2.40. The molecule has 124 valence electrons. The third-order valence-corrected chi connectivity index (χ3v) is 5.19. The first-order valence-corrected chi connectivity index (χ1v) is 9.21. The maximum atomic E-state index is 12.2. The van der Waals surface area contributed by atoms with E-state index in [1.807, 2.05) is 49.4 Å². The summed E-state index contributed by atoms with van der Waals surface area (Å²) in [6.07, 6.45) is 0. The molecule has 1 N–H and O–H groups in total. The Bertz CT molecular complexity index is 934. The Morgan fingerprint density at radius 3 is 2.38 bits per heavy atom. The highest BCUT2D eigenvalue weighted by molar-refractivity contribution is 7.89. The first-order chi connectivity index (χ1) is 11.5. The van der Waals surface area contributed by atoms with E-state index in [0.717, 1.165) is 22.1 Å². The summed E-state index contributed by atoms with van der Waals surface area (Å²) in [5.41, 5.74) is 1.02. The zero-order valence-electron chi connectivity index (χ0n) is 13.4. The van der Waals surface area contributed by atoms with Gasteiger partial charge < -0.3 is 4.74 Å². The van der Waals surface area contributed by atoms with Gasteiger partial charge in [-0.15, -0.1) is 0 Å². The summed E-state index contributed by atoms with van der Waals surface area (Å²) in [7, 11) is -3.50. The fraction of sp³-hybridized carbons (Fsp3) is 0.158. The number of aryl methyl sites for hydroxylation is 1.